The van der Waals surface area contributed by atoms with Gasteiger partial charge in [-0.05, 0) is 50.3 Å². The van der Waals surface area contributed by atoms with Crippen molar-refractivity contribution >= 4 is 17.3 Å². The molecule has 5 heteroatoms. The third-order valence-corrected chi connectivity index (χ3v) is 3.86. The van der Waals surface area contributed by atoms with Crippen LogP contribution < -0.4 is 5.32 Å². The monoisotopic (exact) mass is 287 g/mol. The first kappa shape index (κ1) is 13.1. The summed E-state index contributed by atoms with van der Waals surface area (Å²) in [6.07, 6.45) is 3.50. The van der Waals surface area contributed by atoms with Crippen molar-refractivity contribution in [2.75, 3.05) is 0 Å². The molecule has 0 aromatic carbocycles. The van der Waals surface area contributed by atoms with Crippen LogP contribution in [-0.2, 0) is 0 Å². The molecule has 20 heavy (non-hydrogen) atoms. The number of rotatable bonds is 3. The average molecular weight is 287 g/mol. The van der Waals surface area contributed by atoms with Crippen molar-refractivity contribution < 1.29 is 4.42 Å². The van der Waals surface area contributed by atoms with E-state index < -0.39 is 0 Å². The molecule has 1 aliphatic rings. The molecule has 0 unspecified atom stereocenters. The van der Waals surface area contributed by atoms with Crippen LogP contribution in [0.5, 0.6) is 0 Å². The molecule has 1 aliphatic heterocycles. The molecule has 2 atom stereocenters. The Morgan fingerprint density at radius 2 is 2.15 bits per heavy atom. The van der Waals surface area contributed by atoms with E-state index in [1.54, 1.807) is 12.5 Å². The average Bonchev–Trinajstić information content (AvgIpc) is 3.06. The minimum Gasteiger partial charge on any atom is -0.467 e. The highest BCUT2D eigenvalue weighted by molar-refractivity contribution is 7.80. The lowest BCUT2D eigenvalue weighted by molar-refractivity contribution is 0.236. The van der Waals surface area contributed by atoms with Crippen molar-refractivity contribution in [2.24, 2.45) is 0 Å². The van der Waals surface area contributed by atoms with Gasteiger partial charge in [0.25, 0.3) is 0 Å². The molecular formula is C15H17N3OS. The summed E-state index contributed by atoms with van der Waals surface area (Å²) in [5, 5.41) is 4.12. The Kier molecular flexibility index (Phi) is 3.44. The number of furan rings is 1. The van der Waals surface area contributed by atoms with Gasteiger partial charge < -0.3 is 14.6 Å². The van der Waals surface area contributed by atoms with Gasteiger partial charge in [-0.15, -0.1) is 0 Å². The predicted octanol–water partition coefficient (Wildman–Crippen LogP) is 3.06. The minimum absolute atomic E-state index is 0.0113. The molecular weight excluding hydrogens is 270 g/mol. The molecule has 0 amide bonds. The molecule has 4 nitrogen and oxygen atoms in total. The largest absolute Gasteiger partial charge is 0.467 e. The SMILES string of the molecule is CC(C)N1C(=S)N[C@@H](c2ccccn2)[C@H]1c1ccco1. The number of aromatic nitrogens is 1. The molecule has 1 N–H and O–H groups in total. The zero-order valence-electron chi connectivity index (χ0n) is 11.5. The topological polar surface area (TPSA) is 41.3 Å². The van der Waals surface area contributed by atoms with Crippen LogP contribution in [0.15, 0.2) is 47.2 Å². The van der Waals surface area contributed by atoms with Crippen LogP contribution >= 0.6 is 12.2 Å². The second-order valence-corrected chi connectivity index (χ2v) is 5.53. The predicted molar refractivity (Wildman–Crippen MR) is 81.1 cm³/mol. The zero-order chi connectivity index (χ0) is 14.1. The highest BCUT2D eigenvalue weighted by atomic mass is 32.1. The van der Waals surface area contributed by atoms with E-state index in [9.17, 15) is 0 Å². The van der Waals surface area contributed by atoms with E-state index >= 15 is 0 Å². The fourth-order valence-electron chi connectivity index (χ4n) is 2.69. The number of nitrogens with zero attached hydrogens (tertiary/aromatic N) is 2. The standard InChI is InChI=1S/C15H17N3OS/c1-10(2)18-14(12-7-5-9-19-12)13(17-15(18)20)11-6-3-4-8-16-11/h3-10,13-14H,1-2H3,(H,17,20)/t13-,14+/m0/s1. The molecule has 2 aromatic heterocycles. The van der Waals surface area contributed by atoms with Gasteiger partial charge in [0.15, 0.2) is 5.11 Å². The van der Waals surface area contributed by atoms with Gasteiger partial charge in [0.2, 0.25) is 0 Å². The molecule has 104 valence electrons. The van der Waals surface area contributed by atoms with Crippen LogP contribution in [0.25, 0.3) is 0 Å². The first-order valence-corrected chi connectivity index (χ1v) is 7.12. The summed E-state index contributed by atoms with van der Waals surface area (Å²) in [5.41, 5.74) is 0.972. The Morgan fingerprint density at radius 3 is 2.75 bits per heavy atom. The second kappa shape index (κ2) is 5.25. The molecule has 0 spiro atoms. The summed E-state index contributed by atoms with van der Waals surface area (Å²) in [5.74, 6) is 0.904. The first-order valence-electron chi connectivity index (χ1n) is 6.71. The van der Waals surface area contributed by atoms with Gasteiger partial charge in [-0.3, -0.25) is 4.98 Å². The van der Waals surface area contributed by atoms with E-state index in [0.29, 0.717) is 6.04 Å². The fraction of sp³-hybridized carbons (Fsp3) is 0.333. The van der Waals surface area contributed by atoms with Crippen molar-refractivity contribution in [3.8, 4) is 0 Å². The lowest BCUT2D eigenvalue weighted by Crippen LogP contribution is -2.35. The van der Waals surface area contributed by atoms with Crippen LogP contribution in [0, 0.1) is 0 Å². The first-order chi connectivity index (χ1) is 9.68. The van der Waals surface area contributed by atoms with Gasteiger partial charge >= 0.3 is 0 Å². The van der Waals surface area contributed by atoms with Gasteiger partial charge in [0, 0.05) is 12.2 Å². The summed E-state index contributed by atoms with van der Waals surface area (Å²) in [4.78, 5) is 6.63. The lowest BCUT2D eigenvalue weighted by Gasteiger charge is -2.29. The van der Waals surface area contributed by atoms with E-state index in [2.05, 4.69) is 29.0 Å². The summed E-state index contributed by atoms with van der Waals surface area (Å²) in [6.45, 7) is 4.26. The van der Waals surface area contributed by atoms with Crippen LogP contribution in [-0.4, -0.2) is 21.0 Å². The van der Waals surface area contributed by atoms with Crippen LogP contribution in [0.1, 0.15) is 37.4 Å². The van der Waals surface area contributed by atoms with Crippen LogP contribution in [0.2, 0.25) is 0 Å². The quantitative estimate of drug-likeness (QED) is 0.879. The van der Waals surface area contributed by atoms with E-state index in [1.807, 2.05) is 30.3 Å². The number of hydrogen-bond acceptors (Lipinski definition) is 3. The van der Waals surface area contributed by atoms with Crippen LogP contribution in [0.4, 0.5) is 0 Å². The molecule has 3 heterocycles. The van der Waals surface area contributed by atoms with Crippen LogP contribution in [0.3, 0.4) is 0 Å². The van der Waals surface area contributed by atoms with Gasteiger partial charge in [-0.1, -0.05) is 6.07 Å². The minimum atomic E-state index is 0.0113. The van der Waals surface area contributed by atoms with Crippen molar-refractivity contribution in [2.45, 2.75) is 32.0 Å². The number of nitrogens with one attached hydrogen (secondary N) is 1. The maximum atomic E-state index is 5.63. The molecule has 3 rings (SSSR count). The Balaban J connectivity index is 2.03. The highest BCUT2D eigenvalue weighted by Crippen LogP contribution is 2.39. The molecule has 0 saturated carbocycles. The summed E-state index contributed by atoms with van der Waals surface area (Å²) in [7, 11) is 0. The summed E-state index contributed by atoms with van der Waals surface area (Å²) < 4.78 is 5.63. The maximum absolute atomic E-state index is 5.63. The van der Waals surface area contributed by atoms with Gasteiger partial charge in [-0.2, -0.15) is 0 Å². The van der Waals surface area contributed by atoms with Crippen molar-refractivity contribution in [1.82, 2.24) is 15.2 Å². The van der Waals surface area contributed by atoms with Crippen molar-refractivity contribution in [3.63, 3.8) is 0 Å². The van der Waals surface area contributed by atoms with Gasteiger partial charge in [-0.25, -0.2) is 0 Å². The second-order valence-electron chi connectivity index (χ2n) is 5.14. The number of thiocarbonyl (C=S) groups is 1. The van der Waals surface area contributed by atoms with E-state index in [0.717, 1.165) is 16.6 Å². The fourth-order valence-corrected chi connectivity index (χ4v) is 3.14. The lowest BCUT2D eigenvalue weighted by atomic mass is 10.0. The van der Waals surface area contributed by atoms with E-state index in [1.165, 1.54) is 0 Å². The molecule has 0 bridgehead atoms. The maximum Gasteiger partial charge on any atom is 0.170 e. The van der Waals surface area contributed by atoms with Crippen molar-refractivity contribution in [1.29, 1.82) is 0 Å². The molecule has 1 fully saturated rings. The molecule has 1 saturated heterocycles. The van der Waals surface area contributed by atoms with E-state index in [4.69, 9.17) is 16.6 Å². The number of pyridine rings is 1. The summed E-state index contributed by atoms with van der Waals surface area (Å²) >= 11 is 5.49. The Labute approximate surface area is 123 Å². The Hall–Kier alpha value is -1.88. The highest BCUT2D eigenvalue weighted by Gasteiger charge is 2.42. The van der Waals surface area contributed by atoms with E-state index in [-0.39, 0.29) is 12.1 Å². The van der Waals surface area contributed by atoms with Crippen molar-refractivity contribution in [3.05, 3.63) is 54.2 Å². The Morgan fingerprint density at radius 1 is 1.30 bits per heavy atom. The molecule has 2 aromatic rings. The zero-order valence-corrected chi connectivity index (χ0v) is 12.3. The molecule has 0 aliphatic carbocycles. The molecule has 0 radical (unpaired) electrons. The Bertz CT molecular complexity index is 582. The third-order valence-electron chi connectivity index (χ3n) is 3.53. The normalized spacial score (nSPS) is 22.4. The summed E-state index contributed by atoms with van der Waals surface area (Å²) in [6, 6.07) is 10.2. The van der Waals surface area contributed by atoms with Gasteiger partial charge in [0.1, 0.15) is 11.8 Å². The smallest absolute Gasteiger partial charge is 0.170 e. The number of hydrogen-bond donors (Lipinski definition) is 1. The third kappa shape index (κ3) is 2.18. The van der Waals surface area contributed by atoms with Gasteiger partial charge in [0.05, 0.1) is 18.0 Å².